The van der Waals surface area contributed by atoms with Gasteiger partial charge in [-0.15, -0.1) is 0 Å². The third kappa shape index (κ3) is 77.4. The Hall–Kier alpha value is 1.83. The van der Waals surface area contributed by atoms with Gasteiger partial charge in [0.15, 0.2) is 0 Å². The molecule has 12 nitrogen and oxygen atoms in total. The molecule has 0 aliphatic heterocycles. The second-order valence-electron chi connectivity index (χ2n) is 26.9. The first kappa shape index (κ1) is 106. The molecule has 19 heteroatoms. The van der Waals surface area contributed by atoms with Crippen LogP contribution in [0.15, 0.2) is 0 Å². The van der Waals surface area contributed by atoms with Crippen molar-refractivity contribution in [1.82, 2.24) is 0 Å². The first-order valence-electron chi connectivity index (χ1n) is 38.1. The predicted octanol–water partition coefficient (Wildman–Crippen LogP) is 21.8. The van der Waals surface area contributed by atoms with Gasteiger partial charge < -0.3 is 56.8 Å². The minimum Gasteiger partial charge on any atom is -0.799 e. The van der Waals surface area contributed by atoms with Crippen LogP contribution < -0.4 is 29.4 Å². The number of hydrogen-bond donors (Lipinski definition) is 0. The van der Waals surface area contributed by atoms with Crippen molar-refractivity contribution < 1.29 is 77.8 Å². The minimum atomic E-state index is -3.07. The zero-order valence-electron chi connectivity index (χ0n) is 63.4. The van der Waals surface area contributed by atoms with Gasteiger partial charge in [-0.2, -0.15) is 0 Å². The Morgan fingerprint density at radius 1 is 0.198 bits per heavy atom. The summed E-state index contributed by atoms with van der Waals surface area (Å²) in [4.78, 5) is 70.5. The average Bonchev–Trinajstić information content (AvgIpc) is 3.68. The van der Waals surface area contributed by atoms with Crippen molar-refractivity contribution in [2.45, 2.75) is 356 Å². The second-order valence-corrected chi connectivity index (χ2v) is 41.6. The van der Waals surface area contributed by atoms with Crippen molar-refractivity contribution in [3.8, 4) is 0 Å². The first-order valence-corrected chi connectivity index (χ1v) is 50.0. The summed E-state index contributed by atoms with van der Waals surface area (Å²) in [7, 11) is -18.4. The van der Waals surface area contributed by atoms with Gasteiger partial charge in [0.1, 0.15) is 0 Å². The standard InChI is InChI=1S/6C12H27O2P.Mo/c6*1-4-7-9-12(6-3)11-15(13,14)10-8-5-2;/h6*12H,4-11H2,1-3H3,(H,13,14);/p-6. The van der Waals surface area contributed by atoms with E-state index in [4.69, 9.17) is 0 Å². The predicted molar refractivity (Wildman–Crippen MR) is 393 cm³/mol. The van der Waals surface area contributed by atoms with E-state index in [0.29, 0.717) is 109 Å². The van der Waals surface area contributed by atoms with Gasteiger partial charge >= 0.3 is 0 Å². The molecule has 0 heterocycles. The van der Waals surface area contributed by atoms with Gasteiger partial charge in [-0.1, -0.05) is 317 Å². The van der Waals surface area contributed by atoms with Crippen LogP contribution >= 0.6 is 44.2 Å². The van der Waals surface area contributed by atoms with Crippen LogP contribution in [-0.2, 0) is 48.5 Å². The average molecular weight is 1500 g/mol. The van der Waals surface area contributed by atoms with Crippen molar-refractivity contribution in [2.75, 3.05) is 73.9 Å². The minimum absolute atomic E-state index is 0. The monoisotopic (exact) mass is 1500 g/mol. The SMILES string of the molecule is CCCCC(CC)CP(=O)([O-])CCCC.CCCCC(CC)CP(=O)([O-])CCCC.CCCCC(CC)CP(=O)([O-])CCCC.CCCCC(CC)CP(=O)([O-])CCCC.CCCCC(CC)CP(=O)([O-])CCCC.CCCCC(CC)CP(=O)([O-])CCCC.[Mo]. The summed E-state index contributed by atoms with van der Waals surface area (Å²) in [6, 6.07) is 0. The first-order chi connectivity index (χ1) is 42.3. The molecule has 0 rings (SSSR count). The van der Waals surface area contributed by atoms with Crippen LogP contribution in [0.25, 0.3) is 0 Å². The van der Waals surface area contributed by atoms with Crippen LogP contribution in [0.1, 0.15) is 356 Å². The summed E-state index contributed by atoms with van der Waals surface area (Å²) in [6.07, 6.45) is 42.2. The zero-order chi connectivity index (χ0) is 70.4. The zero-order valence-corrected chi connectivity index (χ0v) is 70.8. The van der Waals surface area contributed by atoms with Gasteiger partial charge in [-0.3, -0.25) is 0 Å². The quantitative estimate of drug-likeness (QED) is 0.0408. The fourth-order valence-electron chi connectivity index (χ4n) is 10.8. The van der Waals surface area contributed by atoms with E-state index in [-0.39, 0.29) is 21.1 Å². The van der Waals surface area contributed by atoms with Crippen molar-refractivity contribution in [3.63, 3.8) is 0 Å². The molecule has 0 aromatic rings. The summed E-state index contributed by atoms with van der Waals surface area (Å²) in [5, 5.41) is 0. The molecule has 0 aromatic heterocycles. The maximum Gasteiger partial charge on any atom is 0.0150 e. The molecule has 0 aromatic carbocycles. The molecule has 0 bridgehead atoms. The number of hydrogen-bond acceptors (Lipinski definition) is 12. The van der Waals surface area contributed by atoms with Crippen molar-refractivity contribution in [3.05, 3.63) is 0 Å². The van der Waals surface area contributed by atoms with E-state index >= 15 is 0 Å². The molecule has 91 heavy (non-hydrogen) atoms. The van der Waals surface area contributed by atoms with Gasteiger partial charge in [0.05, 0.1) is 0 Å². The Kier molecular flexibility index (Phi) is 82.1. The van der Waals surface area contributed by atoms with Crippen molar-refractivity contribution in [1.29, 1.82) is 0 Å². The summed E-state index contributed by atoms with van der Waals surface area (Å²) in [5.41, 5.74) is 0. The smallest absolute Gasteiger partial charge is 0.0150 e. The molecule has 0 N–H and O–H groups in total. The van der Waals surface area contributed by atoms with E-state index in [1.807, 2.05) is 41.5 Å². The second kappa shape index (κ2) is 70.3. The van der Waals surface area contributed by atoms with Gasteiger partial charge in [0.25, 0.3) is 0 Å². The Bertz CT molecular complexity index is 1490. The summed E-state index contributed by atoms with van der Waals surface area (Å²) >= 11 is 0. The third-order valence-corrected chi connectivity index (χ3v) is 30.0. The van der Waals surface area contributed by atoms with Crippen molar-refractivity contribution in [2.24, 2.45) is 35.5 Å². The number of unbranched alkanes of at least 4 members (excludes halogenated alkanes) is 12. The van der Waals surface area contributed by atoms with Crippen molar-refractivity contribution >= 4 is 44.2 Å². The van der Waals surface area contributed by atoms with Gasteiger partial charge in [-0.05, 0) is 148 Å². The van der Waals surface area contributed by atoms with E-state index in [9.17, 15) is 56.8 Å². The van der Waals surface area contributed by atoms with E-state index in [1.54, 1.807) is 0 Å². The van der Waals surface area contributed by atoms with Gasteiger partial charge in [0, 0.05) is 65.3 Å². The molecule has 0 aliphatic carbocycles. The molecule has 12 atom stereocenters. The topological polar surface area (TPSA) is 241 Å². The summed E-state index contributed by atoms with van der Waals surface area (Å²) in [6.45, 7) is 37.7. The molecule has 0 amide bonds. The van der Waals surface area contributed by atoms with E-state index in [2.05, 4.69) is 83.1 Å². The van der Waals surface area contributed by atoms with Crippen LogP contribution in [0.4, 0.5) is 0 Å². The molecule has 0 aliphatic rings. The largest absolute Gasteiger partial charge is 0.799 e. The maximum absolute atomic E-state index is 11.7. The van der Waals surface area contributed by atoms with E-state index < -0.39 is 44.2 Å². The molecule has 558 valence electrons. The van der Waals surface area contributed by atoms with Gasteiger partial charge in [-0.25, -0.2) is 0 Å². The summed E-state index contributed by atoms with van der Waals surface area (Å²) in [5.74, 6) is 2.36. The Labute approximate surface area is 583 Å². The Balaban J connectivity index is -0.000000186. The Morgan fingerprint density at radius 3 is 0.374 bits per heavy atom. The van der Waals surface area contributed by atoms with Gasteiger partial charge in [0.2, 0.25) is 0 Å². The van der Waals surface area contributed by atoms with Crippen LogP contribution in [0.2, 0.25) is 0 Å². The normalized spacial score (nSPS) is 17.1. The molecular formula is C72H156MoO12P6-6. The van der Waals surface area contributed by atoms with Crippen LogP contribution in [0.5, 0.6) is 0 Å². The van der Waals surface area contributed by atoms with E-state index in [1.165, 1.54) is 0 Å². The molecule has 0 spiro atoms. The molecule has 0 saturated heterocycles. The van der Waals surface area contributed by atoms with Crippen LogP contribution in [0, 0.1) is 35.5 Å². The summed E-state index contributed by atoms with van der Waals surface area (Å²) < 4.78 is 70.5. The Morgan fingerprint density at radius 2 is 0.297 bits per heavy atom. The molecule has 12 unspecified atom stereocenters. The van der Waals surface area contributed by atoms with Crippen LogP contribution in [0.3, 0.4) is 0 Å². The van der Waals surface area contributed by atoms with E-state index in [0.717, 1.165) is 231 Å². The van der Waals surface area contributed by atoms with Crippen LogP contribution in [-0.4, -0.2) is 73.9 Å². The molecule has 0 saturated carbocycles. The number of rotatable bonds is 54. The molecule has 0 fully saturated rings. The molecular weight excluding hydrogens is 1340 g/mol. The third-order valence-electron chi connectivity index (χ3n) is 17.6. The fraction of sp³-hybridized carbons (Fsp3) is 1.00. The maximum atomic E-state index is 11.7. The molecule has 0 radical (unpaired) electrons. The fourth-order valence-corrected chi connectivity index (χ4v) is 24.1.